The third-order valence-corrected chi connectivity index (χ3v) is 4.62. The van der Waals surface area contributed by atoms with Crippen molar-refractivity contribution in [1.82, 2.24) is 0 Å². The quantitative estimate of drug-likeness (QED) is 0.352. The van der Waals surface area contributed by atoms with Gasteiger partial charge in [-0.2, -0.15) is 0 Å². The van der Waals surface area contributed by atoms with Crippen LogP contribution in [0.5, 0.6) is 0 Å². The first-order valence-corrected chi connectivity index (χ1v) is 7.79. The Morgan fingerprint density at radius 1 is 0.524 bits per heavy atom. The van der Waals surface area contributed by atoms with Crippen LogP contribution in [0.25, 0.3) is 32.7 Å². The molecule has 0 saturated heterocycles. The molecular formula is C20H13Br. The summed E-state index contributed by atoms with van der Waals surface area (Å²) in [5.41, 5.74) is 2.51. The van der Waals surface area contributed by atoms with Gasteiger partial charge in [0.15, 0.2) is 0 Å². The fourth-order valence-electron chi connectivity index (χ4n) is 2.96. The minimum absolute atomic E-state index is 1.13. The molecular weight excluding hydrogens is 320 g/mol. The summed E-state index contributed by atoms with van der Waals surface area (Å²) >= 11 is 3.68. The highest BCUT2D eigenvalue weighted by Gasteiger charge is 2.09. The molecule has 0 aromatic heterocycles. The fraction of sp³-hybridized carbons (Fsp3) is 0. The van der Waals surface area contributed by atoms with Crippen LogP contribution in [0.3, 0.4) is 0 Å². The van der Waals surface area contributed by atoms with Gasteiger partial charge >= 0.3 is 0 Å². The molecule has 4 aromatic rings. The van der Waals surface area contributed by atoms with Gasteiger partial charge in [-0.25, -0.2) is 0 Å². The Bertz CT molecular complexity index is 954. The van der Waals surface area contributed by atoms with Crippen LogP contribution in [0.15, 0.2) is 83.3 Å². The van der Waals surface area contributed by atoms with Crippen LogP contribution in [0.1, 0.15) is 0 Å². The van der Waals surface area contributed by atoms with E-state index in [9.17, 15) is 0 Å². The maximum Gasteiger partial charge on any atom is 0.0253 e. The Morgan fingerprint density at radius 2 is 1.14 bits per heavy atom. The first-order valence-electron chi connectivity index (χ1n) is 7.00. The lowest BCUT2D eigenvalue weighted by atomic mass is 9.93. The Hall–Kier alpha value is -2.12. The van der Waals surface area contributed by atoms with Gasteiger partial charge in [0.2, 0.25) is 0 Å². The molecule has 0 spiro atoms. The first-order chi connectivity index (χ1) is 10.3. The molecule has 0 amide bonds. The molecule has 21 heavy (non-hydrogen) atoms. The van der Waals surface area contributed by atoms with Crippen molar-refractivity contribution in [2.45, 2.75) is 0 Å². The van der Waals surface area contributed by atoms with E-state index in [-0.39, 0.29) is 0 Å². The zero-order valence-electron chi connectivity index (χ0n) is 11.4. The molecule has 4 rings (SSSR count). The summed E-state index contributed by atoms with van der Waals surface area (Å²) in [5, 5.41) is 5.19. The average molecular weight is 333 g/mol. The molecule has 0 bridgehead atoms. The minimum Gasteiger partial charge on any atom is -0.0616 e. The van der Waals surface area contributed by atoms with Crippen molar-refractivity contribution < 1.29 is 0 Å². The maximum absolute atomic E-state index is 3.68. The molecule has 0 heterocycles. The van der Waals surface area contributed by atoms with E-state index in [1.807, 2.05) is 0 Å². The Balaban J connectivity index is 2.20. The zero-order chi connectivity index (χ0) is 14.2. The maximum atomic E-state index is 3.68. The number of halogens is 1. The van der Waals surface area contributed by atoms with E-state index in [0.717, 1.165) is 4.47 Å². The fourth-order valence-corrected chi connectivity index (χ4v) is 3.46. The second-order valence-electron chi connectivity index (χ2n) is 5.17. The summed E-state index contributed by atoms with van der Waals surface area (Å²) < 4.78 is 1.13. The zero-order valence-corrected chi connectivity index (χ0v) is 13.0. The summed E-state index contributed by atoms with van der Waals surface area (Å²) in [7, 11) is 0. The molecule has 1 heteroatoms. The van der Waals surface area contributed by atoms with Crippen molar-refractivity contribution in [2.75, 3.05) is 0 Å². The lowest BCUT2D eigenvalue weighted by Gasteiger charge is -2.12. The van der Waals surface area contributed by atoms with Gasteiger partial charge in [-0.05, 0) is 44.8 Å². The van der Waals surface area contributed by atoms with E-state index in [2.05, 4.69) is 94.8 Å². The molecule has 0 N–H and O–H groups in total. The van der Waals surface area contributed by atoms with Crippen LogP contribution in [0, 0.1) is 0 Å². The molecule has 0 aliphatic heterocycles. The van der Waals surface area contributed by atoms with E-state index >= 15 is 0 Å². The smallest absolute Gasteiger partial charge is 0.0253 e. The van der Waals surface area contributed by atoms with Gasteiger partial charge in [-0.3, -0.25) is 0 Å². The highest BCUT2D eigenvalue weighted by atomic mass is 79.9. The van der Waals surface area contributed by atoms with Crippen LogP contribution in [-0.2, 0) is 0 Å². The van der Waals surface area contributed by atoms with E-state index < -0.39 is 0 Å². The van der Waals surface area contributed by atoms with Gasteiger partial charge < -0.3 is 0 Å². The monoisotopic (exact) mass is 332 g/mol. The SMILES string of the molecule is Brc1ccccc1-c1cc2ccccc2c2ccccc12. The van der Waals surface area contributed by atoms with Crippen molar-refractivity contribution in [1.29, 1.82) is 0 Å². The van der Waals surface area contributed by atoms with Gasteiger partial charge in [0, 0.05) is 4.47 Å². The lowest BCUT2D eigenvalue weighted by Crippen LogP contribution is -1.85. The number of hydrogen-bond donors (Lipinski definition) is 0. The summed E-state index contributed by atoms with van der Waals surface area (Å²) in [6.07, 6.45) is 0. The van der Waals surface area contributed by atoms with Crippen LogP contribution in [-0.4, -0.2) is 0 Å². The molecule has 0 aliphatic carbocycles. The highest BCUT2D eigenvalue weighted by Crippen LogP contribution is 2.37. The lowest BCUT2D eigenvalue weighted by molar-refractivity contribution is 1.62. The van der Waals surface area contributed by atoms with Crippen LogP contribution in [0.4, 0.5) is 0 Å². The molecule has 4 aromatic carbocycles. The molecule has 0 nitrogen and oxygen atoms in total. The molecule has 0 radical (unpaired) electrons. The third kappa shape index (κ3) is 2.05. The molecule has 0 unspecified atom stereocenters. The summed E-state index contributed by atoms with van der Waals surface area (Å²) in [5.74, 6) is 0. The van der Waals surface area contributed by atoms with Crippen molar-refractivity contribution in [2.24, 2.45) is 0 Å². The predicted octanol–water partition coefficient (Wildman–Crippen LogP) is 6.42. The van der Waals surface area contributed by atoms with Gasteiger partial charge in [0.25, 0.3) is 0 Å². The summed E-state index contributed by atoms with van der Waals surface area (Å²) in [6, 6.07) is 27.9. The normalized spacial score (nSPS) is 11.1. The second kappa shape index (κ2) is 5.01. The van der Waals surface area contributed by atoms with Crippen molar-refractivity contribution >= 4 is 37.5 Å². The first kappa shape index (κ1) is 12.6. The highest BCUT2D eigenvalue weighted by molar-refractivity contribution is 9.10. The molecule has 0 aliphatic rings. The minimum atomic E-state index is 1.13. The van der Waals surface area contributed by atoms with Crippen LogP contribution < -0.4 is 0 Å². The van der Waals surface area contributed by atoms with E-state index in [4.69, 9.17) is 0 Å². The Morgan fingerprint density at radius 3 is 1.95 bits per heavy atom. The molecule has 0 saturated carbocycles. The number of hydrogen-bond acceptors (Lipinski definition) is 0. The summed E-state index contributed by atoms with van der Waals surface area (Å²) in [6.45, 7) is 0. The van der Waals surface area contributed by atoms with Crippen molar-refractivity contribution in [3.63, 3.8) is 0 Å². The van der Waals surface area contributed by atoms with Gasteiger partial charge in [-0.1, -0.05) is 82.7 Å². The van der Waals surface area contributed by atoms with Gasteiger partial charge in [0.05, 0.1) is 0 Å². The number of fused-ring (bicyclic) bond motifs is 3. The third-order valence-electron chi connectivity index (χ3n) is 3.93. The van der Waals surface area contributed by atoms with E-state index in [1.54, 1.807) is 0 Å². The largest absolute Gasteiger partial charge is 0.0616 e. The molecule has 0 atom stereocenters. The summed E-state index contributed by atoms with van der Waals surface area (Å²) in [4.78, 5) is 0. The van der Waals surface area contributed by atoms with Crippen molar-refractivity contribution in [3.8, 4) is 11.1 Å². The second-order valence-corrected chi connectivity index (χ2v) is 6.03. The predicted molar refractivity (Wildman–Crippen MR) is 94.6 cm³/mol. The number of benzene rings is 4. The average Bonchev–Trinajstić information content (AvgIpc) is 2.55. The topological polar surface area (TPSA) is 0 Å². The van der Waals surface area contributed by atoms with Gasteiger partial charge in [0.1, 0.15) is 0 Å². The Kier molecular flexibility index (Phi) is 3.01. The van der Waals surface area contributed by atoms with Crippen molar-refractivity contribution in [3.05, 3.63) is 83.3 Å². The van der Waals surface area contributed by atoms with E-state index in [0.29, 0.717) is 0 Å². The molecule has 100 valence electrons. The van der Waals surface area contributed by atoms with Crippen LogP contribution >= 0.6 is 15.9 Å². The van der Waals surface area contributed by atoms with Crippen LogP contribution in [0.2, 0.25) is 0 Å². The Labute approximate surface area is 132 Å². The molecule has 0 fully saturated rings. The standard InChI is InChI=1S/C20H13Br/c21-20-12-6-5-11-18(20)19-13-14-7-1-2-8-15(14)16-9-3-4-10-17(16)19/h1-13H. The number of rotatable bonds is 1. The van der Waals surface area contributed by atoms with E-state index in [1.165, 1.54) is 32.7 Å². The van der Waals surface area contributed by atoms with Gasteiger partial charge in [-0.15, -0.1) is 0 Å².